The van der Waals surface area contributed by atoms with E-state index >= 15 is 0 Å². The maximum atomic E-state index is 12.7. The minimum atomic E-state index is -3.40. The van der Waals surface area contributed by atoms with E-state index in [1.54, 1.807) is 28.6 Å². The van der Waals surface area contributed by atoms with E-state index in [9.17, 15) is 8.42 Å². The number of sulfonamides is 1. The normalized spacial score (nSPS) is 27.2. The van der Waals surface area contributed by atoms with Crippen LogP contribution in [0.25, 0.3) is 0 Å². The molecule has 21 heavy (non-hydrogen) atoms. The highest BCUT2D eigenvalue weighted by molar-refractivity contribution is 7.88. The van der Waals surface area contributed by atoms with Gasteiger partial charge >= 0.3 is 0 Å². The van der Waals surface area contributed by atoms with Crippen LogP contribution in [-0.4, -0.2) is 25.3 Å². The summed E-state index contributed by atoms with van der Waals surface area (Å²) in [5.41, 5.74) is 1.02. The fourth-order valence-corrected chi connectivity index (χ4v) is 5.07. The third-order valence-electron chi connectivity index (χ3n) is 4.38. The van der Waals surface area contributed by atoms with E-state index in [1.165, 1.54) is 0 Å². The van der Waals surface area contributed by atoms with Crippen molar-refractivity contribution >= 4 is 10.0 Å². The van der Waals surface area contributed by atoms with Crippen molar-refractivity contribution in [1.82, 2.24) is 4.31 Å². The van der Waals surface area contributed by atoms with Crippen LogP contribution in [0.2, 0.25) is 0 Å². The molecule has 5 heteroatoms. The van der Waals surface area contributed by atoms with E-state index in [4.69, 9.17) is 5.26 Å². The predicted molar refractivity (Wildman–Crippen MR) is 82.9 cm³/mol. The van der Waals surface area contributed by atoms with Crippen molar-refractivity contribution < 1.29 is 8.42 Å². The summed E-state index contributed by atoms with van der Waals surface area (Å²) in [6, 6.07) is 8.99. The highest BCUT2D eigenvalue weighted by atomic mass is 32.2. The Hall–Kier alpha value is -1.38. The smallest absolute Gasteiger partial charge is 0.212 e. The van der Waals surface area contributed by atoms with Gasteiger partial charge < -0.3 is 0 Å². The van der Waals surface area contributed by atoms with Crippen molar-refractivity contribution in [2.45, 2.75) is 39.0 Å². The van der Waals surface area contributed by atoms with Crippen LogP contribution in [0.5, 0.6) is 0 Å². The van der Waals surface area contributed by atoms with E-state index < -0.39 is 10.0 Å². The van der Waals surface area contributed by atoms with E-state index in [1.807, 2.05) is 6.92 Å². The lowest BCUT2D eigenvalue weighted by Crippen LogP contribution is -2.49. The van der Waals surface area contributed by atoms with Crippen LogP contribution in [0.15, 0.2) is 24.3 Å². The molecular weight excluding hydrogens is 284 g/mol. The summed E-state index contributed by atoms with van der Waals surface area (Å²) in [6.07, 6.45) is 1.06. The molecule has 3 unspecified atom stereocenters. The van der Waals surface area contributed by atoms with Gasteiger partial charge in [0.25, 0.3) is 0 Å². The average Bonchev–Trinajstić information content (AvgIpc) is 2.43. The average molecular weight is 306 g/mol. The molecule has 1 saturated heterocycles. The van der Waals surface area contributed by atoms with Crippen LogP contribution >= 0.6 is 0 Å². The molecule has 1 aliphatic rings. The Labute approximate surface area is 127 Å². The molecule has 0 amide bonds. The van der Waals surface area contributed by atoms with Crippen LogP contribution in [-0.2, 0) is 15.8 Å². The lowest BCUT2D eigenvalue weighted by atomic mass is 9.88. The zero-order chi connectivity index (χ0) is 15.6. The predicted octanol–water partition coefficient (Wildman–Crippen LogP) is 2.75. The molecule has 0 spiro atoms. The molecule has 2 rings (SSSR count). The third-order valence-corrected chi connectivity index (χ3v) is 6.25. The number of nitriles is 1. The van der Waals surface area contributed by atoms with E-state index in [2.05, 4.69) is 19.9 Å². The Kier molecular flexibility index (Phi) is 4.70. The molecule has 114 valence electrons. The first-order valence-corrected chi connectivity index (χ1v) is 8.93. The van der Waals surface area contributed by atoms with E-state index in [0.717, 1.165) is 6.42 Å². The fraction of sp³-hybridized carbons (Fsp3) is 0.562. The van der Waals surface area contributed by atoms with Gasteiger partial charge in [0.05, 0.1) is 17.4 Å². The van der Waals surface area contributed by atoms with Gasteiger partial charge in [0, 0.05) is 12.6 Å². The van der Waals surface area contributed by atoms with Crippen molar-refractivity contribution in [2.24, 2.45) is 11.8 Å². The Bertz CT molecular complexity index is 648. The molecular formula is C16H22N2O2S. The van der Waals surface area contributed by atoms with E-state index in [0.29, 0.717) is 29.5 Å². The monoisotopic (exact) mass is 306 g/mol. The second kappa shape index (κ2) is 6.17. The summed E-state index contributed by atoms with van der Waals surface area (Å²) < 4.78 is 27.1. The molecule has 0 N–H and O–H groups in total. The van der Waals surface area contributed by atoms with Gasteiger partial charge in [-0.1, -0.05) is 32.0 Å². The number of benzene rings is 1. The second-order valence-corrected chi connectivity index (χ2v) is 8.08. The summed E-state index contributed by atoms with van der Waals surface area (Å²) in [7, 11) is -3.40. The molecule has 0 radical (unpaired) electrons. The minimum Gasteiger partial charge on any atom is -0.212 e. The molecule has 0 aromatic heterocycles. The molecule has 0 saturated carbocycles. The van der Waals surface area contributed by atoms with Gasteiger partial charge in [0.2, 0.25) is 10.0 Å². The van der Waals surface area contributed by atoms with Crippen LogP contribution in [0.4, 0.5) is 0 Å². The zero-order valence-corrected chi connectivity index (χ0v) is 13.6. The van der Waals surface area contributed by atoms with Gasteiger partial charge in [-0.05, 0) is 36.8 Å². The zero-order valence-electron chi connectivity index (χ0n) is 12.8. The first-order chi connectivity index (χ1) is 9.85. The number of nitrogens with zero attached hydrogens (tertiary/aromatic N) is 2. The summed E-state index contributed by atoms with van der Waals surface area (Å²) in [5, 5.41) is 9.10. The number of piperidine rings is 1. The largest absolute Gasteiger partial charge is 0.218 e. The van der Waals surface area contributed by atoms with Crippen molar-refractivity contribution in [3.8, 4) is 6.07 Å². The summed E-state index contributed by atoms with van der Waals surface area (Å²) in [5.74, 6) is 0.632. The van der Waals surface area contributed by atoms with Crippen LogP contribution in [0, 0.1) is 23.2 Å². The lowest BCUT2D eigenvalue weighted by molar-refractivity contribution is 0.157. The van der Waals surface area contributed by atoms with Gasteiger partial charge in [0.1, 0.15) is 0 Å². The second-order valence-electron chi connectivity index (χ2n) is 6.15. The molecule has 1 aromatic carbocycles. The summed E-state index contributed by atoms with van der Waals surface area (Å²) >= 11 is 0. The standard InChI is InChI=1S/C16H22N2O2S/c1-12-8-13(2)14(3)18(10-12)21(19,20)11-16-7-5-4-6-15(16)9-17/h4-7,12-14H,8,10-11H2,1-3H3. The topological polar surface area (TPSA) is 61.2 Å². The fourth-order valence-electron chi connectivity index (χ4n) is 3.06. The maximum Gasteiger partial charge on any atom is 0.218 e. The van der Waals surface area contributed by atoms with Gasteiger partial charge in [-0.2, -0.15) is 9.57 Å². The summed E-state index contributed by atoms with van der Waals surface area (Å²) in [4.78, 5) is 0. The van der Waals surface area contributed by atoms with E-state index in [-0.39, 0.29) is 11.8 Å². The van der Waals surface area contributed by atoms with Crippen molar-refractivity contribution in [3.63, 3.8) is 0 Å². The van der Waals surface area contributed by atoms with Gasteiger partial charge in [-0.25, -0.2) is 8.42 Å². The molecule has 1 heterocycles. The molecule has 4 nitrogen and oxygen atoms in total. The number of rotatable bonds is 3. The van der Waals surface area contributed by atoms with Crippen molar-refractivity contribution in [1.29, 1.82) is 5.26 Å². The Morgan fingerprint density at radius 1 is 1.29 bits per heavy atom. The Morgan fingerprint density at radius 3 is 2.62 bits per heavy atom. The van der Waals surface area contributed by atoms with Gasteiger partial charge in [-0.15, -0.1) is 0 Å². The van der Waals surface area contributed by atoms with Crippen LogP contribution < -0.4 is 0 Å². The molecule has 0 bridgehead atoms. The van der Waals surface area contributed by atoms with Crippen molar-refractivity contribution in [3.05, 3.63) is 35.4 Å². The molecule has 0 aliphatic carbocycles. The highest BCUT2D eigenvalue weighted by Gasteiger charge is 2.36. The number of hydrogen-bond acceptors (Lipinski definition) is 3. The molecule has 3 atom stereocenters. The van der Waals surface area contributed by atoms with Crippen LogP contribution in [0.3, 0.4) is 0 Å². The Morgan fingerprint density at radius 2 is 1.95 bits per heavy atom. The lowest BCUT2D eigenvalue weighted by Gasteiger charge is -2.40. The maximum absolute atomic E-state index is 12.7. The highest BCUT2D eigenvalue weighted by Crippen LogP contribution is 2.30. The Balaban J connectivity index is 2.28. The molecule has 1 aliphatic heterocycles. The quantitative estimate of drug-likeness (QED) is 0.862. The first-order valence-electron chi connectivity index (χ1n) is 7.32. The summed E-state index contributed by atoms with van der Waals surface area (Å²) in [6.45, 7) is 6.74. The van der Waals surface area contributed by atoms with Gasteiger partial charge in [0.15, 0.2) is 0 Å². The van der Waals surface area contributed by atoms with Gasteiger partial charge in [-0.3, -0.25) is 0 Å². The first kappa shape index (κ1) is 16.0. The van der Waals surface area contributed by atoms with Crippen molar-refractivity contribution in [2.75, 3.05) is 6.54 Å². The molecule has 1 fully saturated rings. The molecule has 1 aromatic rings. The third kappa shape index (κ3) is 3.45. The van der Waals surface area contributed by atoms with Crippen LogP contribution in [0.1, 0.15) is 38.3 Å². The number of hydrogen-bond donors (Lipinski definition) is 0. The minimum absolute atomic E-state index is 0.0143. The SMILES string of the molecule is CC1CC(C)C(C)N(S(=O)(=O)Cc2ccccc2C#N)C1.